The second kappa shape index (κ2) is 18.2. The quantitative estimate of drug-likeness (QED) is 0.159. The van der Waals surface area contributed by atoms with E-state index in [2.05, 4.69) is 286 Å². The van der Waals surface area contributed by atoms with Crippen LogP contribution in [0.4, 0.5) is 51.2 Å². The van der Waals surface area contributed by atoms with Gasteiger partial charge in [0.05, 0.1) is 11.4 Å². The summed E-state index contributed by atoms with van der Waals surface area (Å²) in [5.74, 6) is 0. The Bertz CT molecular complexity index is 4100. The fourth-order valence-electron chi connectivity index (χ4n) is 17.2. The van der Waals surface area contributed by atoms with Gasteiger partial charge in [-0.05, 0) is 228 Å². The molecule has 0 aromatic heterocycles. The van der Waals surface area contributed by atoms with Crippen molar-refractivity contribution in [2.75, 3.05) is 14.7 Å². The highest BCUT2D eigenvalue weighted by atomic mass is 15.2. The lowest BCUT2D eigenvalue weighted by atomic mass is 9.32. The van der Waals surface area contributed by atoms with Crippen molar-refractivity contribution in [3.8, 4) is 11.1 Å². The van der Waals surface area contributed by atoms with Gasteiger partial charge in [-0.25, -0.2) is 0 Å². The van der Waals surface area contributed by atoms with Crippen LogP contribution in [0.5, 0.6) is 0 Å². The van der Waals surface area contributed by atoms with Gasteiger partial charge >= 0.3 is 0 Å². The lowest BCUT2D eigenvalue weighted by molar-refractivity contribution is 0.332. The van der Waals surface area contributed by atoms with Gasteiger partial charge in [0.2, 0.25) is 0 Å². The molecule has 2 aliphatic heterocycles. The third kappa shape index (κ3) is 8.17. The number of fused-ring (bicyclic) bond motifs is 10. The van der Waals surface area contributed by atoms with Crippen molar-refractivity contribution in [1.82, 2.24) is 0 Å². The Morgan fingerprint density at radius 2 is 0.835 bits per heavy atom. The zero-order valence-electron chi connectivity index (χ0n) is 54.9. The number of benzene rings is 8. The van der Waals surface area contributed by atoms with Crippen LogP contribution in [-0.2, 0) is 43.3 Å². The molecule has 14 rings (SSSR count). The molecule has 3 nitrogen and oxygen atoms in total. The lowest BCUT2D eigenvalue weighted by Gasteiger charge is -2.49. The summed E-state index contributed by atoms with van der Waals surface area (Å²) in [6.45, 7) is 46.9. The average molecular weight is 1120 g/mol. The lowest BCUT2D eigenvalue weighted by Crippen LogP contribution is -2.62. The maximum atomic E-state index is 2.82. The van der Waals surface area contributed by atoms with Crippen molar-refractivity contribution in [1.29, 1.82) is 0 Å². The van der Waals surface area contributed by atoms with Crippen molar-refractivity contribution in [2.24, 2.45) is 0 Å². The molecule has 2 heterocycles. The van der Waals surface area contributed by atoms with Crippen LogP contribution in [0.15, 0.2) is 140 Å². The molecule has 0 atom stereocenters. The summed E-state index contributed by atoms with van der Waals surface area (Å²) >= 11 is 0. The monoisotopic (exact) mass is 1120 g/mol. The fourth-order valence-corrected chi connectivity index (χ4v) is 17.2. The van der Waals surface area contributed by atoms with Crippen LogP contribution in [0.1, 0.15) is 217 Å². The molecule has 0 N–H and O–H groups in total. The Hall–Kier alpha value is -6.78. The number of rotatable bonds is 5. The number of hydrogen-bond donors (Lipinski definition) is 0. The van der Waals surface area contributed by atoms with E-state index in [1.807, 2.05) is 0 Å². The summed E-state index contributed by atoms with van der Waals surface area (Å²) in [6, 6.07) is 56.4. The number of aryl methyl sites for hydroxylation is 2. The molecule has 85 heavy (non-hydrogen) atoms. The predicted octanol–water partition coefficient (Wildman–Crippen LogP) is 20.5. The van der Waals surface area contributed by atoms with E-state index in [0.717, 1.165) is 37.8 Å². The molecular weight excluding hydrogens is 1030 g/mol. The van der Waals surface area contributed by atoms with E-state index in [-0.39, 0.29) is 50.0 Å². The van der Waals surface area contributed by atoms with E-state index < -0.39 is 0 Å². The highest BCUT2D eigenvalue weighted by Gasteiger charge is 2.51. The molecule has 0 radical (unpaired) electrons. The minimum Gasteiger partial charge on any atom is -0.311 e. The number of hydrogen-bond acceptors (Lipinski definition) is 3. The summed E-state index contributed by atoms with van der Waals surface area (Å²) in [5, 5.41) is 0. The molecule has 0 amide bonds. The minimum atomic E-state index is -0.231. The molecule has 0 unspecified atom stereocenters. The number of para-hydroxylation sites is 2. The number of anilines is 9. The fraction of sp³-hybridized carbons (Fsp3) is 0.407. The second-order valence-electron chi connectivity index (χ2n) is 32.7. The van der Waals surface area contributed by atoms with Gasteiger partial charge in [0.15, 0.2) is 0 Å². The predicted molar refractivity (Wildman–Crippen MR) is 367 cm³/mol. The van der Waals surface area contributed by atoms with Gasteiger partial charge in [-0.1, -0.05) is 203 Å². The maximum absolute atomic E-state index is 2.82. The average Bonchev–Trinajstić information content (AvgIpc) is 1.75. The van der Waals surface area contributed by atoms with E-state index in [4.69, 9.17) is 0 Å². The van der Waals surface area contributed by atoms with Crippen molar-refractivity contribution in [3.63, 3.8) is 0 Å². The zero-order chi connectivity index (χ0) is 60.2. The van der Waals surface area contributed by atoms with Crippen LogP contribution >= 0.6 is 0 Å². The highest BCUT2D eigenvalue weighted by molar-refractivity contribution is 7.00. The van der Waals surface area contributed by atoms with E-state index in [1.54, 1.807) is 0 Å². The van der Waals surface area contributed by atoms with Crippen molar-refractivity contribution >= 4 is 74.3 Å². The van der Waals surface area contributed by atoms with Gasteiger partial charge < -0.3 is 14.7 Å². The molecule has 8 aromatic carbocycles. The molecule has 8 aromatic rings. The third-order valence-electron chi connectivity index (χ3n) is 22.8. The Labute approximate surface area is 511 Å². The molecule has 434 valence electrons. The summed E-state index contributed by atoms with van der Waals surface area (Å²) in [4.78, 5) is 8.19. The Kier molecular flexibility index (Phi) is 12.0. The summed E-state index contributed by atoms with van der Waals surface area (Å²) in [7, 11) is 0. The Morgan fingerprint density at radius 3 is 1.34 bits per heavy atom. The van der Waals surface area contributed by atoms with Gasteiger partial charge in [0, 0.05) is 50.8 Å². The Balaban J connectivity index is 1.20. The van der Waals surface area contributed by atoms with Crippen molar-refractivity contribution in [3.05, 3.63) is 201 Å². The molecule has 0 saturated carbocycles. The first-order chi connectivity index (χ1) is 39.8. The summed E-state index contributed by atoms with van der Waals surface area (Å²) in [5.41, 5.74) is 33.6. The van der Waals surface area contributed by atoms with Crippen LogP contribution in [0, 0.1) is 13.8 Å². The molecule has 0 bridgehead atoms. The maximum Gasteiger partial charge on any atom is 0.252 e. The van der Waals surface area contributed by atoms with E-state index in [1.165, 1.54) is 141 Å². The van der Waals surface area contributed by atoms with Crippen LogP contribution in [0.2, 0.25) is 0 Å². The summed E-state index contributed by atoms with van der Waals surface area (Å²) in [6.07, 6.45) is 6.93. The van der Waals surface area contributed by atoms with E-state index in [0.29, 0.717) is 0 Å². The van der Waals surface area contributed by atoms with Crippen molar-refractivity contribution in [2.45, 2.75) is 213 Å². The minimum absolute atomic E-state index is 0.00163. The molecule has 4 heteroatoms. The molecular formula is C81H92BN3. The van der Waals surface area contributed by atoms with Crippen LogP contribution < -0.4 is 31.1 Å². The first kappa shape index (κ1) is 56.1. The Morgan fingerprint density at radius 1 is 0.400 bits per heavy atom. The second-order valence-corrected chi connectivity index (χ2v) is 32.7. The van der Waals surface area contributed by atoms with Crippen LogP contribution in [0.3, 0.4) is 0 Å². The molecule has 0 spiro atoms. The van der Waals surface area contributed by atoms with E-state index in [9.17, 15) is 0 Å². The largest absolute Gasteiger partial charge is 0.311 e. The number of nitrogens with zero attached hydrogens (tertiary/aromatic N) is 3. The topological polar surface area (TPSA) is 9.72 Å². The molecule has 6 aliphatic rings. The van der Waals surface area contributed by atoms with Gasteiger partial charge in [0.25, 0.3) is 6.71 Å². The van der Waals surface area contributed by atoms with Crippen molar-refractivity contribution < 1.29 is 0 Å². The molecule has 4 aliphatic carbocycles. The van der Waals surface area contributed by atoms with Gasteiger partial charge in [-0.2, -0.15) is 0 Å². The SMILES string of the molecule is Cc1ccccc1N(c1cc2c3c(c1)N(c1ccc(C(C)(C)C)c4c1-c1ccccc1C4(C)C)c1cc4c(cc1B3c1cc3c(cc1N2c1ccc2c(c1)C(C)(C)CCC2(C)C)C(C)(C)CCC3(C)C)C(C)(C)CCC4(C)C)c1ccccc1C. The molecule has 0 saturated heterocycles. The molecule has 0 fully saturated rings. The third-order valence-corrected chi connectivity index (χ3v) is 22.8. The van der Waals surface area contributed by atoms with Gasteiger partial charge in [-0.15, -0.1) is 0 Å². The zero-order valence-corrected chi connectivity index (χ0v) is 54.9. The first-order valence-corrected chi connectivity index (χ1v) is 32.3. The van der Waals surface area contributed by atoms with Crippen LogP contribution in [-0.4, -0.2) is 6.71 Å². The first-order valence-electron chi connectivity index (χ1n) is 32.3. The van der Waals surface area contributed by atoms with Gasteiger partial charge in [-0.3, -0.25) is 0 Å². The van der Waals surface area contributed by atoms with Gasteiger partial charge in [0.1, 0.15) is 0 Å². The smallest absolute Gasteiger partial charge is 0.252 e. The summed E-state index contributed by atoms with van der Waals surface area (Å²) < 4.78 is 0. The van der Waals surface area contributed by atoms with E-state index >= 15 is 0 Å². The normalized spacial score (nSPS) is 19.8. The van der Waals surface area contributed by atoms with Crippen LogP contribution in [0.25, 0.3) is 11.1 Å². The highest BCUT2D eigenvalue weighted by Crippen LogP contribution is 2.60. The standard InChI is InChI=1S/C81H92BN3/c1-49-26-20-24-30-64(49)84(65-31-25-21-27-50(65)2)52-43-69-73-70(44-52)85(66-35-34-56(74(3,4)5)72-71(66)53-28-22-23-29-54(53)81(72,18)19)68-48-61-59(78(12,13)39-41-80(61,16)17)46-63(68)82(73)62-45-58-60(79(14,15)40-38-77(58,10)11)47-67(62)83(69)51-32-33-55-57(42-51)76(8,9)37-36-75(55,6)7/h20-35,42-48H,36-41H2,1-19H3.